The Hall–Kier alpha value is -0.770. The van der Waals surface area contributed by atoms with E-state index in [1.54, 1.807) is 7.11 Å². The molecule has 2 rings (SSSR count). The van der Waals surface area contributed by atoms with Crippen LogP contribution in [0.25, 0.3) is 0 Å². The smallest absolute Gasteiger partial charge is 0.0851 e. The monoisotopic (exact) mass is 424 g/mol. The van der Waals surface area contributed by atoms with Crippen molar-refractivity contribution in [3.8, 4) is 0 Å². The second kappa shape index (κ2) is 13.5. The van der Waals surface area contributed by atoms with Crippen LogP contribution in [0.5, 0.6) is 0 Å². The Labute approximate surface area is 180 Å². The molecule has 0 saturated heterocycles. The van der Waals surface area contributed by atoms with E-state index in [9.17, 15) is 10.2 Å². The number of hydrogen-bond acceptors (Lipinski definition) is 4. The van der Waals surface area contributed by atoms with Crippen LogP contribution in [0.4, 0.5) is 0 Å². The highest BCUT2D eigenvalue weighted by molar-refractivity contribution is 7.09. The molecule has 0 aromatic heterocycles. The number of hydrogen-bond donors (Lipinski definition) is 2. The van der Waals surface area contributed by atoms with E-state index in [0.717, 1.165) is 24.0 Å². The van der Waals surface area contributed by atoms with Crippen LogP contribution in [0.2, 0.25) is 0 Å². The number of rotatable bonds is 14. The van der Waals surface area contributed by atoms with Crippen LogP contribution in [0.1, 0.15) is 63.0 Å². The molecule has 0 aliphatic heterocycles. The molecule has 1 aromatic rings. The molecule has 6 atom stereocenters. The summed E-state index contributed by atoms with van der Waals surface area (Å²) in [6.07, 6.45) is 10.9. The minimum atomic E-state index is -0.593. The average Bonchev–Trinajstić information content (AvgIpc) is 3.01. The van der Waals surface area contributed by atoms with Gasteiger partial charge in [-0.3, -0.25) is 0 Å². The molecule has 0 spiro atoms. The Kier molecular flexibility index (Phi) is 10.7. The van der Waals surface area contributed by atoms with E-state index >= 15 is 0 Å². The second-order valence-electron chi connectivity index (χ2n) is 8.31. The number of ether oxygens (including phenoxy) is 1. The van der Waals surface area contributed by atoms with Gasteiger partial charge >= 0.3 is 0 Å². The number of benzene rings is 1. The Morgan fingerprint density at radius 3 is 2.83 bits per heavy atom. The zero-order chi connectivity index (χ0) is 21.8. The van der Waals surface area contributed by atoms with Gasteiger partial charge in [0.25, 0.3) is 0 Å². The molecule has 1 aliphatic rings. The maximum Gasteiger partial charge on any atom is 0.0851 e. The summed E-state index contributed by atoms with van der Waals surface area (Å²) in [4.78, 5) is 0. The lowest BCUT2D eigenvalue weighted by Gasteiger charge is -2.22. The molecule has 1 aliphatic carbocycles. The first kappa shape index (κ1) is 22.9. The molecule has 0 bridgehead atoms. The molecule has 5 heteroatoms. The summed E-state index contributed by atoms with van der Waals surface area (Å²) >= 11 is 0. The molecule has 1 unspecified atom stereocenters. The van der Waals surface area contributed by atoms with E-state index in [0.29, 0.717) is 19.4 Å². The highest BCUT2D eigenvalue weighted by atomic mass is 31.0. The highest BCUT2D eigenvalue weighted by Crippen LogP contribution is 2.39. The fourth-order valence-corrected chi connectivity index (χ4v) is 4.70. The third kappa shape index (κ3) is 8.11. The van der Waals surface area contributed by atoms with E-state index < -0.39 is 12.2 Å². The van der Waals surface area contributed by atoms with Crippen molar-refractivity contribution in [3.63, 3.8) is 0 Å². The average molecular weight is 425 g/mol. The van der Waals surface area contributed by atoms with Gasteiger partial charge in [0.15, 0.2) is 0 Å². The van der Waals surface area contributed by atoms with Gasteiger partial charge in [-0.15, -0.1) is 0 Å². The minimum absolute atomic E-state index is 0.0542. The summed E-state index contributed by atoms with van der Waals surface area (Å²) in [5.74, 6) is 0.194. The van der Waals surface area contributed by atoms with Crippen molar-refractivity contribution >= 4 is 9.41 Å². The maximum atomic E-state index is 10.6. The Balaban J connectivity index is 1.97. The number of unbranched alkanes of at least 4 members (excludes halogenated alkanes) is 4. The fourth-order valence-electron chi connectivity index (χ4n) is 4.44. The predicted molar refractivity (Wildman–Crippen MR) is 122 cm³/mol. The predicted octanol–water partition coefficient (Wildman–Crippen LogP) is 4.83. The molecule has 0 amide bonds. The first-order chi connectivity index (χ1) is 14.6. The summed E-state index contributed by atoms with van der Waals surface area (Å²) in [5, 5.41) is 21.2. The van der Waals surface area contributed by atoms with Gasteiger partial charge in [0.2, 0.25) is 0 Å². The number of aliphatic hydroxyl groups is 2. The molecule has 4 nitrogen and oxygen atoms in total. The molecule has 1 saturated carbocycles. The van der Waals surface area contributed by atoms with Gasteiger partial charge in [-0.05, 0) is 23.5 Å². The van der Waals surface area contributed by atoms with Gasteiger partial charge in [-0.1, -0.05) is 75.4 Å². The quantitative estimate of drug-likeness (QED) is 0.255. The van der Waals surface area contributed by atoms with Gasteiger partial charge in [0.05, 0.1) is 26.2 Å². The summed E-state index contributed by atoms with van der Waals surface area (Å²) in [6.45, 7) is 2.77. The molecular weight excluding hydrogens is 383 g/mol. The van der Waals surface area contributed by atoms with Crippen molar-refractivity contribution in [2.45, 2.75) is 83.2 Å². The molecule has 164 valence electrons. The van der Waals surface area contributed by atoms with Gasteiger partial charge in [-0.25, -0.2) is 0 Å². The molecule has 2 N–H and O–H groups in total. The number of aliphatic hydroxyl groups excluding tert-OH is 2. The van der Waals surface area contributed by atoms with Crippen molar-refractivity contribution < 1.29 is 19.5 Å². The summed E-state index contributed by atoms with van der Waals surface area (Å²) in [5.41, 5.74) is 2.17. The standard InChI is InChI=1S/C24H39O4P/c1-3-4-5-6-7-11-21-22(24(28-29)16-23(21)26)13-12-20(25)15-18-9-8-10-19(14-18)17-27-2/h8-10,12-14,20-26H,3-7,11,15-17,29H2,1-2H3/b13-12+/t20-,21-,22-,23+,24-/m1/s1/i29T/t20-,21-,22-,23+,24-,29?. The zero-order valence-electron chi connectivity index (χ0n) is 18.9. The zero-order valence-corrected chi connectivity index (χ0v) is 18.9. The second-order valence-corrected chi connectivity index (χ2v) is 8.55. The Morgan fingerprint density at radius 2 is 2.07 bits per heavy atom. The van der Waals surface area contributed by atoms with Crippen molar-refractivity contribution in [1.29, 1.82) is 1.28 Å². The Morgan fingerprint density at radius 1 is 1.28 bits per heavy atom. The molecular formula is C24H39O4P. The van der Waals surface area contributed by atoms with Gasteiger partial charge < -0.3 is 19.5 Å². The van der Waals surface area contributed by atoms with E-state index in [1.165, 1.54) is 25.7 Å². The van der Waals surface area contributed by atoms with Crippen LogP contribution >= 0.6 is 9.41 Å². The lowest BCUT2D eigenvalue weighted by molar-refractivity contribution is 0.116. The van der Waals surface area contributed by atoms with Crippen molar-refractivity contribution in [2.24, 2.45) is 11.8 Å². The van der Waals surface area contributed by atoms with Crippen LogP contribution < -0.4 is 0 Å². The van der Waals surface area contributed by atoms with E-state index in [-0.39, 0.29) is 27.4 Å². The highest BCUT2D eigenvalue weighted by Gasteiger charge is 2.40. The lowest BCUT2D eigenvalue weighted by atomic mass is 9.87. The fraction of sp³-hybridized carbons (Fsp3) is 0.667. The van der Waals surface area contributed by atoms with Gasteiger partial charge in [-0.2, -0.15) is 0 Å². The number of methoxy groups -OCH3 is 1. The van der Waals surface area contributed by atoms with Crippen LogP contribution in [-0.2, 0) is 22.3 Å². The molecule has 29 heavy (non-hydrogen) atoms. The molecule has 0 radical (unpaired) electrons. The maximum absolute atomic E-state index is 10.6. The topological polar surface area (TPSA) is 58.9 Å². The largest absolute Gasteiger partial charge is 0.393 e. The van der Waals surface area contributed by atoms with E-state index in [1.807, 2.05) is 30.4 Å². The first-order valence-electron chi connectivity index (χ1n) is 11.5. The van der Waals surface area contributed by atoms with Gasteiger partial charge in [0, 0.05) is 35.3 Å². The van der Waals surface area contributed by atoms with E-state index in [2.05, 4.69) is 13.0 Å². The van der Waals surface area contributed by atoms with E-state index in [4.69, 9.17) is 10.5 Å². The van der Waals surface area contributed by atoms with Crippen molar-refractivity contribution in [3.05, 3.63) is 47.5 Å². The SMILES string of the molecule is [3H]PO[C@@H]1C[C@H](O)[C@H](CCCCCCC)[C@H]1/C=C/[C@@H](O)Cc1cccc(COC)c1. The normalized spacial score (nSPS) is 26.6. The van der Waals surface area contributed by atoms with Gasteiger partial charge in [0.1, 0.15) is 0 Å². The van der Waals surface area contributed by atoms with Crippen LogP contribution in [0.3, 0.4) is 0 Å². The van der Waals surface area contributed by atoms with Crippen LogP contribution in [0.15, 0.2) is 36.4 Å². The van der Waals surface area contributed by atoms with Crippen molar-refractivity contribution in [1.82, 2.24) is 0 Å². The van der Waals surface area contributed by atoms with Crippen LogP contribution in [-0.4, -0.2) is 36.9 Å². The molecule has 0 heterocycles. The minimum Gasteiger partial charge on any atom is -0.393 e. The summed E-state index contributed by atoms with van der Waals surface area (Å²) in [6, 6.07) is 8.08. The van der Waals surface area contributed by atoms with Crippen molar-refractivity contribution in [2.75, 3.05) is 7.11 Å². The Bertz CT molecular complexity index is 627. The first-order valence-corrected chi connectivity index (χ1v) is 11.4. The molecule has 1 fully saturated rings. The summed E-state index contributed by atoms with van der Waals surface area (Å²) in [7, 11) is 1.34. The van der Waals surface area contributed by atoms with Crippen LogP contribution in [0, 0.1) is 11.8 Å². The third-order valence-corrected chi connectivity index (χ3v) is 6.29. The lowest BCUT2D eigenvalue weighted by Crippen LogP contribution is -2.21. The summed E-state index contributed by atoms with van der Waals surface area (Å²) < 4.78 is 18.3. The molecule has 1 aromatic carbocycles. The third-order valence-electron chi connectivity index (χ3n) is 5.99.